The van der Waals surface area contributed by atoms with Crippen LogP contribution in [-0.4, -0.2) is 17.4 Å². The normalized spacial score (nSPS) is 17.3. The highest BCUT2D eigenvalue weighted by molar-refractivity contribution is 6.29. The molecule has 0 aromatic carbocycles. The Labute approximate surface area is 107 Å². The van der Waals surface area contributed by atoms with Crippen molar-refractivity contribution in [2.75, 3.05) is 6.54 Å². The minimum Gasteiger partial charge on any atom is -0.351 e. The Kier molecular flexibility index (Phi) is 3.67. The van der Waals surface area contributed by atoms with Crippen molar-refractivity contribution in [2.45, 2.75) is 32.6 Å². The van der Waals surface area contributed by atoms with Crippen molar-refractivity contribution in [3.63, 3.8) is 0 Å². The zero-order valence-electron chi connectivity index (χ0n) is 10.0. The molecule has 3 nitrogen and oxygen atoms in total. The van der Waals surface area contributed by atoms with Crippen molar-refractivity contribution < 1.29 is 4.79 Å². The van der Waals surface area contributed by atoms with Crippen LogP contribution in [0.15, 0.2) is 18.3 Å². The molecule has 4 heteroatoms. The Morgan fingerprint density at radius 1 is 1.59 bits per heavy atom. The fourth-order valence-electron chi connectivity index (χ4n) is 2.25. The average molecular weight is 253 g/mol. The molecule has 0 saturated heterocycles. The lowest BCUT2D eigenvalue weighted by Gasteiger charge is -2.41. The van der Waals surface area contributed by atoms with E-state index >= 15 is 0 Å². The van der Waals surface area contributed by atoms with E-state index < -0.39 is 0 Å². The number of nitrogens with one attached hydrogen (secondary N) is 1. The highest BCUT2D eigenvalue weighted by atomic mass is 35.5. The lowest BCUT2D eigenvalue weighted by Crippen LogP contribution is -2.41. The Balaban J connectivity index is 1.93. The molecule has 2 rings (SSSR count). The van der Waals surface area contributed by atoms with E-state index in [-0.39, 0.29) is 5.91 Å². The van der Waals surface area contributed by atoms with Gasteiger partial charge in [0.25, 0.3) is 5.91 Å². The lowest BCUT2D eigenvalue weighted by atomic mass is 9.67. The third kappa shape index (κ3) is 2.78. The highest BCUT2D eigenvalue weighted by Gasteiger charge is 2.35. The Morgan fingerprint density at radius 3 is 2.88 bits per heavy atom. The van der Waals surface area contributed by atoms with Crippen molar-refractivity contribution in [3.05, 3.63) is 29.0 Å². The van der Waals surface area contributed by atoms with E-state index in [1.165, 1.54) is 19.3 Å². The molecule has 1 N–H and O–H groups in total. The van der Waals surface area contributed by atoms with Crippen LogP contribution in [0.2, 0.25) is 5.15 Å². The number of hydrogen-bond donors (Lipinski definition) is 1. The number of pyridine rings is 1. The molecule has 0 spiro atoms. The van der Waals surface area contributed by atoms with Gasteiger partial charge >= 0.3 is 0 Å². The average Bonchev–Trinajstić information content (AvgIpc) is 2.28. The zero-order valence-corrected chi connectivity index (χ0v) is 10.8. The Bertz CT molecular complexity index is 410. The van der Waals surface area contributed by atoms with E-state index in [4.69, 9.17) is 11.6 Å². The van der Waals surface area contributed by atoms with E-state index in [1.807, 2.05) is 0 Å². The summed E-state index contributed by atoms with van der Waals surface area (Å²) in [5.41, 5.74) is 0.919. The van der Waals surface area contributed by atoms with Crippen molar-refractivity contribution in [2.24, 2.45) is 5.41 Å². The molecule has 1 fully saturated rings. The third-order valence-corrected chi connectivity index (χ3v) is 3.98. The fourth-order valence-corrected chi connectivity index (χ4v) is 2.42. The van der Waals surface area contributed by atoms with Gasteiger partial charge in [-0.2, -0.15) is 0 Å². The molecule has 0 aliphatic heterocycles. The standard InChI is InChI=1S/C13H17ClN2O/c1-2-13(5-3-6-13)9-16-12(17)10-4-7-15-11(14)8-10/h4,7-8H,2-3,5-6,9H2,1H3,(H,16,17). The third-order valence-electron chi connectivity index (χ3n) is 3.78. The molecule has 1 aliphatic carbocycles. The topological polar surface area (TPSA) is 42.0 Å². The van der Waals surface area contributed by atoms with Gasteiger partial charge in [0, 0.05) is 18.3 Å². The van der Waals surface area contributed by atoms with E-state index in [0.717, 1.165) is 13.0 Å². The molecule has 0 unspecified atom stereocenters. The summed E-state index contributed by atoms with van der Waals surface area (Å²) >= 11 is 5.75. The second-order valence-corrected chi connectivity index (χ2v) is 5.14. The first-order valence-corrected chi connectivity index (χ1v) is 6.43. The van der Waals surface area contributed by atoms with Crippen LogP contribution in [0.25, 0.3) is 0 Å². The molecule has 17 heavy (non-hydrogen) atoms. The molecule has 0 atom stereocenters. The van der Waals surface area contributed by atoms with Gasteiger partial charge in [0.15, 0.2) is 0 Å². The lowest BCUT2D eigenvalue weighted by molar-refractivity contribution is 0.0850. The summed E-state index contributed by atoms with van der Waals surface area (Å²) in [7, 11) is 0. The maximum absolute atomic E-state index is 11.9. The van der Waals surface area contributed by atoms with Crippen LogP contribution in [0, 0.1) is 5.41 Å². The SMILES string of the molecule is CCC1(CNC(=O)c2ccnc(Cl)c2)CCC1. The molecule has 92 valence electrons. The van der Waals surface area contributed by atoms with Crippen LogP contribution in [0.4, 0.5) is 0 Å². The van der Waals surface area contributed by atoms with Gasteiger partial charge in [0.1, 0.15) is 5.15 Å². The molecule has 1 amide bonds. The summed E-state index contributed by atoms with van der Waals surface area (Å²) in [6.45, 7) is 2.96. The van der Waals surface area contributed by atoms with Gasteiger partial charge in [-0.3, -0.25) is 4.79 Å². The predicted octanol–water partition coefficient (Wildman–Crippen LogP) is 3.05. The van der Waals surface area contributed by atoms with Gasteiger partial charge < -0.3 is 5.32 Å². The van der Waals surface area contributed by atoms with Crippen molar-refractivity contribution in [1.29, 1.82) is 0 Å². The second-order valence-electron chi connectivity index (χ2n) is 4.76. The number of carbonyl (C=O) groups excluding carboxylic acids is 1. The quantitative estimate of drug-likeness (QED) is 0.837. The van der Waals surface area contributed by atoms with E-state index in [1.54, 1.807) is 18.3 Å². The summed E-state index contributed by atoms with van der Waals surface area (Å²) in [6, 6.07) is 3.27. The van der Waals surface area contributed by atoms with Crippen LogP contribution in [0.5, 0.6) is 0 Å². The van der Waals surface area contributed by atoms with Gasteiger partial charge in [-0.05, 0) is 36.8 Å². The summed E-state index contributed by atoms with van der Waals surface area (Å²) in [4.78, 5) is 15.8. The van der Waals surface area contributed by atoms with Gasteiger partial charge in [-0.15, -0.1) is 0 Å². The number of hydrogen-bond acceptors (Lipinski definition) is 2. The smallest absolute Gasteiger partial charge is 0.251 e. The van der Waals surface area contributed by atoms with Gasteiger partial charge in [0.2, 0.25) is 0 Å². The van der Waals surface area contributed by atoms with Gasteiger partial charge in [-0.25, -0.2) is 4.98 Å². The first kappa shape index (κ1) is 12.4. The first-order chi connectivity index (χ1) is 8.15. The molecule has 1 aromatic rings. The minimum atomic E-state index is -0.0611. The van der Waals surface area contributed by atoms with Crippen LogP contribution in [0.1, 0.15) is 43.0 Å². The summed E-state index contributed by atoms with van der Waals surface area (Å²) in [6.07, 6.45) is 6.41. The van der Waals surface area contributed by atoms with Gasteiger partial charge in [0.05, 0.1) is 0 Å². The molecule has 1 aromatic heterocycles. The van der Waals surface area contributed by atoms with E-state index in [2.05, 4.69) is 17.2 Å². The van der Waals surface area contributed by atoms with Gasteiger partial charge in [-0.1, -0.05) is 24.9 Å². The number of amides is 1. The number of nitrogens with zero attached hydrogens (tertiary/aromatic N) is 1. The Hall–Kier alpha value is -1.09. The van der Waals surface area contributed by atoms with Crippen LogP contribution >= 0.6 is 11.6 Å². The zero-order chi connectivity index (χ0) is 12.3. The maximum atomic E-state index is 11.9. The van der Waals surface area contributed by atoms with Crippen molar-refractivity contribution in [1.82, 2.24) is 10.3 Å². The molecule has 0 radical (unpaired) electrons. The van der Waals surface area contributed by atoms with Crippen molar-refractivity contribution >= 4 is 17.5 Å². The first-order valence-electron chi connectivity index (χ1n) is 6.05. The molecular weight excluding hydrogens is 236 g/mol. The van der Waals surface area contributed by atoms with Crippen LogP contribution in [0.3, 0.4) is 0 Å². The highest BCUT2D eigenvalue weighted by Crippen LogP contribution is 2.43. The summed E-state index contributed by atoms with van der Waals surface area (Å²) in [5, 5.41) is 3.35. The predicted molar refractivity (Wildman–Crippen MR) is 68.2 cm³/mol. The van der Waals surface area contributed by atoms with E-state index in [9.17, 15) is 4.79 Å². The largest absolute Gasteiger partial charge is 0.351 e. The van der Waals surface area contributed by atoms with Crippen LogP contribution in [-0.2, 0) is 0 Å². The Morgan fingerprint density at radius 2 is 2.35 bits per heavy atom. The summed E-state index contributed by atoms with van der Waals surface area (Å²) < 4.78 is 0. The fraction of sp³-hybridized carbons (Fsp3) is 0.538. The number of aromatic nitrogens is 1. The number of halogens is 1. The second kappa shape index (κ2) is 5.05. The number of rotatable bonds is 4. The minimum absolute atomic E-state index is 0.0611. The maximum Gasteiger partial charge on any atom is 0.251 e. The number of carbonyl (C=O) groups is 1. The van der Waals surface area contributed by atoms with Crippen LogP contribution < -0.4 is 5.32 Å². The molecule has 1 aliphatic rings. The molecule has 1 heterocycles. The molecule has 0 bridgehead atoms. The molecule has 1 saturated carbocycles. The van der Waals surface area contributed by atoms with E-state index in [0.29, 0.717) is 16.1 Å². The van der Waals surface area contributed by atoms with Crippen molar-refractivity contribution in [3.8, 4) is 0 Å². The molecular formula is C13H17ClN2O. The monoisotopic (exact) mass is 252 g/mol. The summed E-state index contributed by atoms with van der Waals surface area (Å²) in [5.74, 6) is -0.0611.